The average molecular weight is 344 g/mol. The monoisotopic (exact) mass is 344 g/mol. The number of hydrogen-bond acceptors (Lipinski definition) is 2. The molecule has 1 saturated carbocycles. The van der Waals surface area contributed by atoms with Crippen LogP contribution in [-0.2, 0) is 9.59 Å². The van der Waals surface area contributed by atoms with E-state index in [-0.39, 0.29) is 17.5 Å². The Morgan fingerprint density at radius 3 is 2.24 bits per heavy atom. The molecule has 2 unspecified atom stereocenters. The van der Waals surface area contributed by atoms with Crippen molar-refractivity contribution in [1.29, 1.82) is 0 Å². The molecule has 0 bridgehead atoms. The summed E-state index contributed by atoms with van der Waals surface area (Å²) in [5.41, 5.74) is 2.95. The van der Waals surface area contributed by atoms with Gasteiger partial charge in [0.15, 0.2) is 11.6 Å². The Balaban J connectivity index is 1.58. The minimum atomic E-state index is -1.03. The van der Waals surface area contributed by atoms with Crippen LogP contribution in [0.25, 0.3) is 0 Å². The Bertz CT molecular complexity index is 851. The summed E-state index contributed by atoms with van der Waals surface area (Å²) >= 11 is 0. The van der Waals surface area contributed by atoms with Crippen LogP contribution in [0, 0.1) is 37.3 Å². The van der Waals surface area contributed by atoms with Crippen molar-refractivity contribution in [3.05, 3.63) is 59.2 Å². The first-order chi connectivity index (χ1) is 11.8. The molecule has 0 aromatic heterocycles. The van der Waals surface area contributed by atoms with E-state index in [0.717, 1.165) is 28.9 Å². The molecule has 0 heterocycles. The van der Waals surface area contributed by atoms with Gasteiger partial charge < -0.3 is 10.6 Å². The van der Waals surface area contributed by atoms with Gasteiger partial charge in [-0.05, 0) is 44.0 Å². The molecule has 1 aliphatic rings. The maximum Gasteiger partial charge on any atom is 0.228 e. The number of anilines is 2. The maximum atomic E-state index is 13.2. The highest BCUT2D eigenvalue weighted by Crippen LogP contribution is 2.40. The number of nitrogens with one attached hydrogen (secondary N) is 2. The molecule has 0 aliphatic heterocycles. The lowest BCUT2D eigenvalue weighted by atomic mass is 10.1. The summed E-state index contributed by atoms with van der Waals surface area (Å²) in [5, 5.41) is 5.35. The van der Waals surface area contributed by atoms with Gasteiger partial charge in [0.05, 0.1) is 11.8 Å². The van der Waals surface area contributed by atoms with Crippen LogP contribution in [0.3, 0.4) is 0 Å². The summed E-state index contributed by atoms with van der Waals surface area (Å²) in [6, 6.07) is 8.85. The number of benzene rings is 2. The van der Waals surface area contributed by atoms with Crippen LogP contribution in [0.4, 0.5) is 20.2 Å². The van der Waals surface area contributed by atoms with Gasteiger partial charge in [0, 0.05) is 17.4 Å². The van der Waals surface area contributed by atoms with Crippen molar-refractivity contribution in [3.8, 4) is 0 Å². The van der Waals surface area contributed by atoms with Gasteiger partial charge in [-0.3, -0.25) is 9.59 Å². The van der Waals surface area contributed by atoms with Crippen LogP contribution in [-0.4, -0.2) is 11.8 Å². The number of carbonyl (C=O) groups excluding carboxylic acids is 2. The number of aryl methyl sites for hydroxylation is 2. The third kappa shape index (κ3) is 3.84. The zero-order valence-corrected chi connectivity index (χ0v) is 13.9. The summed E-state index contributed by atoms with van der Waals surface area (Å²) in [6.07, 6.45) is 0.437. The van der Waals surface area contributed by atoms with Gasteiger partial charge in [0.25, 0.3) is 0 Å². The second kappa shape index (κ2) is 6.63. The fourth-order valence-corrected chi connectivity index (χ4v) is 2.76. The Labute approximate surface area is 144 Å². The number of halogens is 2. The Hall–Kier alpha value is -2.76. The third-order valence-corrected chi connectivity index (χ3v) is 4.29. The van der Waals surface area contributed by atoms with Crippen molar-refractivity contribution in [3.63, 3.8) is 0 Å². The van der Waals surface area contributed by atoms with Crippen molar-refractivity contribution >= 4 is 23.2 Å². The van der Waals surface area contributed by atoms with E-state index in [1.54, 1.807) is 0 Å². The van der Waals surface area contributed by atoms with Gasteiger partial charge in [-0.1, -0.05) is 17.7 Å². The molecule has 0 spiro atoms. The van der Waals surface area contributed by atoms with E-state index >= 15 is 0 Å². The Morgan fingerprint density at radius 1 is 0.920 bits per heavy atom. The van der Waals surface area contributed by atoms with Crippen molar-refractivity contribution in [2.45, 2.75) is 20.3 Å². The fraction of sp³-hybridized carbons (Fsp3) is 0.263. The van der Waals surface area contributed by atoms with Crippen LogP contribution in [0.15, 0.2) is 36.4 Å². The molecule has 2 aromatic carbocycles. The zero-order valence-electron chi connectivity index (χ0n) is 13.9. The average Bonchev–Trinajstić information content (AvgIpc) is 3.34. The van der Waals surface area contributed by atoms with Gasteiger partial charge in [0.1, 0.15) is 0 Å². The topological polar surface area (TPSA) is 58.2 Å². The fourth-order valence-electron chi connectivity index (χ4n) is 2.76. The number of carbonyl (C=O) groups is 2. The summed E-state index contributed by atoms with van der Waals surface area (Å²) in [6.45, 7) is 3.88. The highest BCUT2D eigenvalue weighted by atomic mass is 19.2. The molecule has 2 N–H and O–H groups in total. The number of rotatable bonds is 4. The zero-order chi connectivity index (χ0) is 18.1. The van der Waals surface area contributed by atoms with Crippen LogP contribution in [0.1, 0.15) is 17.5 Å². The molecule has 4 nitrogen and oxygen atoms in total. The standard InChI is InChI=1S/C19H18F2N2O2/c1-10-3-6-17(11(2)7-10)23-19(25)14-9-13(14)18(24)22-12-4-5-15(20)16(21)8-12/h3-8,13-14H,9H2,1-2H3,(H,22,24)(H,23,25). The first-order valence-electron chi connectivity index (χ1n) is 7.99. The molecule has 3 rings (SSSR count). The van der Waals surface area contributed by atoms with Gasteiger partial charge in [0.2, 0.25) is 11.8 Å². The maximum absolute atomic E-state index is 13.2. The Kier molecular flexibility index (Phi) is 4.53. The molecule has 130 valence electrons. The lowest BCUT2D eigenvalue weighted by Crippen LogP contribution is -2.21. The molecular weight excluding hydrogens is 326 g/mol. The summed E-state index contributed by atoms with van der Waals surface area (Å²) in [4.78, 5) is 24.4. The first-order valence-corrected chi connectivity index (χ1v) is 7.99. The minimum Gasteiger partial charge on any atom is -0.326 e. The lowest BCUT2D eigenvalue weighted by Gasteiger charge is -2.09. The van der Waals surface area contributed by atoms with Crippen molar-refractivity contribution in [1.82, 2.24) is 0 Å². The highest BCUT2D eigenvalue weighted by Gasteiger charge is 2.48. The highest BCUT2D eigenvalue weighted by molar-refractivity contribution is 6.03. The van der Waals surface area contributed by atoms with Crippen LogP contribution < -0.4 is 10.6 Å². The van der Waals surface area contributed by atoms with Crippen LogP contribution >= 0.6 is 0 Å². The van der Waals surface area contributed by atoms with E-state index in [1.807, 2.05) is 32.0 Å². The second-order valence-electron chi connectivity index (χ2n) is 6.37. The molecule has 2 atom stereocenters. The lowest BCUT2D eigenvalue weighted by molar-refractivity contribution is -0.122. The molecule has 2 aromatic rings. The molecule has 2 amide bonds. The van der Waals surface area contributed by atoms with Crippen LogP contribution in [0.2, 0.25) is 0 Å². The van der Waals surface area contributed by atoms with E-state index in [0.29, 0.717) is 6.42 Å². The molecule has 0 saturated heterocycles. The predicted octanol–water partition coefficient (Wildman–Crippen LogP) is 3.79. The SMILES string of the molecule is Cc1ccc(NC(=O)C2CC2C(=O)Nc2ccc(F)c(F)c2)c(C)c1. The summed E-state index contributed by atoms with van der Waals surface area (Å²) < 4.78 is 26.1. The largest absolute Gasteiger partial charge is 0.326 e. The predicted molar refractivity (Wildman–Crippen MR) is 91.1 cm³/mol. The van der Waals surface area contributed by atoms with E-state index < -0.39 is 23.5 Å². The van der Waals surface area contributed by atoms with E-state index in [4.69, 9.17) is 0 Å². The molecule has 0 radical (unpaired) electrons. The first kappa shape index (κ1) is 17.1. The number of hydrogen-bond donors (Lipinski definition) is 2. The van der Waals surface area contributed by atoms with Crippen molar-refractivity contribution in [2.75, 3.05) is 10.6 Å². The smallest absolute Gasteiger partial charge is 0.228 e. The third-order valence-electron chi connectivity index (χ3n) is 4.29. The quantitative estimate of drug-likeness (QED) is 0.886. The van der Waals surface area contributed by atoms with E-state index in [2.05, 4.69) is 10.6 Å². The molecule has 25 heavy (non-hydrogen) atoms. The van der Waals surface area contributed by atoms with Gasteiger partial charge >= 0.3 is 0 Å². The molecular formula is C19H18F2N2O2. The normalized spacial score (nSPS) is 18.6. The number of amides is 2. The van der Waals surface area contributed by atoms with Crippen molar-refractivity contribution in [2.24, 2.45) is 11.8 Å². The Morgan fingerprint density at radius 2 is 1.60 bits per heavy atom. The van der Waals surface area contributed by atoms with Gasteiger partial charge in [-0.15, -0.1) is 0 Å². The van der Waals surface area contributed by atoms with Gasteiger partial charge in [-0.2, -0.15) is 0 Å². The summed E-state index contributed by atoms with van der Waals surface area (Å²) in [7, 11) is 0. The van der Waals surface area contributed by atoms with E-state index in [9.17, 15) is 18.4 Å². The van der Waals surface area contributed by atoms with Gasteiger partial charge in [-0.25, -0.2) is 8.78 Å². The molecule has 1 aliphatic carbocycles. The second-order valence-corrected chi connectivity index (χ2v) is 6.37. The molecule has 1 fully saturated rings. The van der Waals surface area contributed by atoms with E-state index in [1.165, 1.54) is 6.07 Å². The molecule has 6 heteroatoms. The van der Waals surface area contributed by atoms with Crippen LogP contribution in [0.5, 0.6) is 0 Å². The minimum absolute atomic E-state index is 0.171. The van der Waals surface area contributed by atoms with Crippen molar-refractivity contribution < 1.29 is 18.4 Å². The summed E-state index contributed by atoms with van der Waals surface area (Å²) in [5.74, 6) is -3.46.